The summed E-state index contributed by atoms with van der Waals surface area (Å²) in [4.78, 5) is 23.3. The third-order valence-electron chi connectivity index (χ3n) is 7.23. The van der Waals surface area contributed by atoms with Gasteiger partial charge < -0.3 is 9.40 Å². The van der Waals surface area contributed by atoms with Gasteiger partial charge in [0.05, 0.1) is 18.3 Å². The summed E-state index contributed by atoms with van der Waals surface area (Å²) >= 11 is 0. The van der Waals surface area contributed by atoms with E-state index in [4.69, 9.17) is 4.42 Å². The lowest BCUT2D eigenvalue weighted by molar-refractivity contribution is 0.168. The van der Waals surface area contributed by atoms with Crippen LogP contribution in [0.2, 0.25) is 0 Å². The van der Waals surface area contributed by atoms with Crippen LogP contribution < -0.4 is 5.56 Å². The number of nitrogens with zero attached hydrogens (tertiary/aromatic N) is 6. The molecule has 1 N–H and O–H groups in total. The number of benzene rings is 1. The summed E-state index contributed by atoms with van der Waals surface area (Å²) in [6, 6.07) is 15.3. The molecule has 4 aromatic heterocycles. The number of tetrazole rings is 1. The molecule has 0 amide bonds. The SMILES string of the molecule is CCc1ccc2[nH]c(=O)c([C@@H](c3nnnn3C(C)(C)CC)N(Cc3cccnc3)Cc3ccco3)cc2c1. The van der Waals surface area contributed by atoms with Crippen LogP contribution in [0.3, 0.4) is 0 Å². The van der Waals surface area contributed by atoms with E-state index in [2.05, 4.69) is 64.2 Å². The molecule has 0 fully saturated rings. The summed E-state index contributed by atoms with van der Waals surface area (Å²) in [7, 11) is 0. The van der Waals surface area contributed by atoms with Crippen molar-refractivity contribution in [1.29, 1.82) is 0 Å². The van der Waals surface area contributed by atoms with E-state index >= 15 is 0 Å². The van der Waals surface area contributed by atoms with Gasteiger partial charge in [-0.2, -0.15) is 0 Å². The number of aromatic nitrogens is 6. The summed E-state index contributed by atoms with van der Waals surface area (Å²) in [6.45, 7) is 9.37. The predicted octanol–water partition coefficient (Wildman–Crippen LogP) is 5.00. The minimum atomic E-state index is -0.556. The van der Waals surface area contributed by atoms with Gasteiger partial charge in [0.25, 0.3) is 5.56 Å². The fraction of sp³-hybridized carbons (Fsp3) is 0.345. The molecule has 0 saturated heterocycles. The van der Waals surface area contributed by atoms with Crippen molar-refractivity contribution >= 4 is 10.9 Å². The van der Waals surface area contributed by atoms with Gasteiger partial charge in [0, 0.05) is 30.0 Å². The van der Waals surface area contributed by atoms with Crippen molar-refractivity contribution in [3.05, 3.63) is 106 Å². The van der Waals surface area contributed by atoms with E-state index in [1.807, 2.05) is 53.3 Å². The molecule has 5 aromatic rings. The maximum atomic E-state index is 13.7. The highest BCUT2D eigenvalue weighted by atomic mass is 16.3. The lowest BCUT2D eigenvalue weighted by Crippen LogP contribution is -2.38. The van der Waals surface area contributed by atoms with Gasteiger partial charge in [-0.25, -0.2) is 4.68 Å². The van der Waals surface area contributed by atoms with Crippen LogP contribution in [0.4, 0.5) is 0 Å². The number of furan rings is 1. The van der Waals surface area contributed by atoms with Crippen LogP contribution >= 0.6 is 0 Å². The zero-order valence-electron chi connectivity index (χ0n) is 22.3. The summed E-state index contributed by atoms with van der Waals surface area (Å²) < 4.78 is 7.60. The van der Waals surface area contributed by atoms with E-state index in [0.717, 1.165) is 35.1 Å². The van der Waals surface area contributed by atoms with Gasteiger partial charge in [0.2, 0.25) is 0 Å². The molecule has 0 saturated carbocycles. The second-order valence-electron chi connectivity index (χ2n) is 10.2. The van der Waals surface area contributed by atoms with Crippen molar-refractivity contribution < 1.29 is 4.42 Å². The molecule has 0 radical (unpaired) electrons. The van der Waals surface area contributed by atoms with E-state index in [0.29, 0.717) is 24.5 Å². The highest BCUT2D eigenvalue weighted by Gasteiger charge is 2.35. The van der Waals surface area contributed by atoms with Crippen LogP contribution in [-0.2, 0) is 25.0 Å². The molecule has 0 spiro atoms. The summed E-state index contributed by atoms with van der Waals surface area (Å²) in [5.41, 5.74) is 3.04. The van der Waals surface area contributed by atoms with Gasteiger partial charge in [-0.3, -0.25) is 14.7 Å². The number of pyridine rings is 2. The summed E-state index contributed by atoms with van der Waals surface area (Å²) in [5, 5.41) is 14.0. The zero-order valence-corrected chi connectivity index (χ0v) is 22.3. The molecule has 0 unspecified atom stereocenters. The Hall–Kier alpha value is -4.11. The molecule has 38 heavy (non-hydrogen) atoms. The van der Waals surface area contributed by atoms with Gasteiger partial charge in [-0.05, 0) is 90.0 Å². The van der Waals surface area contributed by atoms with Crippen molar-refractivity contribution in [2.45, 2.75) is 65.2 Å². The highest BCUT2D eigenvalue weighted by Crippen LogP contribution is 2.33. The van der Waals surface area contributed by atoms with Gasteiger partial charge in [0.1, 0.15) is 11.8 Å². The average molecular weight is 512 g/mol. The zero-order chi connectivity index (χ0) is 26.7. The topological polar surface area (TPSA) is 106 Å². The maximum absolute atomic E-state index is 13.7. The third-order valence-corrected chi connectivity index (χ3v) is 7.23. The van der Waals surface area contributed by atoms with Crippen molar-refractivity contribution in [2.75, 3.05) is 0 Å². The van der Waals surface area contributed by atoms with Crippen LogP contribution in [0.5, 0.6) is 0 Å². The van der Waals surface area contributed by atoms with Crippen molar-refractivity contribution in [3.63, 3.8) is 0 Å². The quantitative estimate of drug-likeness (QED) is 0.281. The fourth-order valence-electron chi connectivity index (χ4n) is 4.71. The van der Waals surface area contributed by atoms with Gasteiger partial charge >= 0.3 is 0 Å². The monoisotopic (exact) mass is 511 g/mol. The van der Waals surface area contributed by atoms with Crippen LogP contribution in [0.25, 0.3) is 10.9 Å². The van der Waals surface area contributed by atoms with Crippen LogP contribution in [0.15, 0.2) is 76.4 Å². The normalized spacial score (nSPS) is 12.9. The first-order chi connectivity index (χ1) is 18.4. The lowest BCUT2D eigenvalue weighted by Gasteiger charge is -2.33. The molecule has 4 heterocycles. The standard InChI is InChI=1S/C29H33N7O2/c1-5-20-11-12-25-22(15-20)16-24(28(37)31-25)26(27-32-33-34-36(27)29(3,4)6-2)35(19-23-10-8-14-38-23)18-21-9-7-13-30-17-21/h7-17,26H,5-6,18-19H2,1-4H3,(H,31,37)/t26-/m0/s1. The molecule has 5 rings (SSSR count). The lowest BCUT2D eigenvalue weighted by atomic mass is 9.98. The number of aryl methyl sites for hydroxylation is 1. The van der Waals surface area contributed by atoms with Gasteiger partial charge in [-0.15, -0.1) is 5.10 Å². The van der Waals surface area contributed by atoms with E-state index in [-0.39, 0.29) is 11.1 Å². The summed E-state index contributed by atoms with van der Waals surface area (Å²) in [5.74, 6) is 1.38. The first-order valence-electron chi connectivity index (χ1n) is 13.0. The Kier molecular flexibility index (Phi) is 7.20. The largest absolute Gasteiger partial charge is 0.468 e. The van der Waals surface area contributed by atoms with Gasteiger partial charge in [-0.1, -0.05) is 26.0 Å². The Bertz CT molecular complexity index is 1560. The second-order valence-corrected chi connectivity index (χ2v) is 10.2. The molecule has 0 bridgehead atoms. The van der Waals surface area contributed by atoms with Crippen LogP contribution in [0, 0.1) is 0 Å². The van der Waals surface area contributed by atoms with E-state index < -0.39 is 6.04 Å². The second kappa shape index (κ2) is 10.7. The molecular weight excluding hydrogens is 478 g/mol. The van der Waals surface area contributed by atoms with Crippen molar-refractivity contribution in [2.24, 2.45) is 0 Å². The molecule has 9 nitrogen and oxygen atoms in total. The molecule has 1 aromatic carbocycles. The van der Waals surface area contributed by atoms with Crippen LogP contribution in [0.1, 0.15) is 68.4 Å². The first kappa shape index (κ1) is 25.5. The Balaban J connectivity index is 1.73. The number of H-pyrrole nitrogens is 1. The Morgan fingerprint density at radius 3 is 2.66 bits per heavy atom. The molecule has 1 atom stereocenters. The highest BCUT2D eigenvalue weighted by molar-refractivity contribution is 5.80. The van der Waals surface area contributed by atoms with Crippen LogP contribution in [-0.4, -0.2) is 35.1 Å². The third kappa shape index (κ3) is 5.15. The molecule has 0 aliphatic rings. The van der Waals surface area contributed by atoms with E-state index in [1.165, 1.54) is 5.56 Å². The molecular formula is C29H33N7O2. The van der Waals surface area contributed by atoms with Gasteiger partial charge in [0.15, 0.2) is 5.82 Å². The smallest absolute Gasteiger partial charge is 0.253 e. The fourth-order valence-corrected chi connectivity index (χ4v) is 4.71. The molecule has 0 aliphatic carbocycles. The first-order valence-corrected chi connectivity index (χ1v) is 13.0. The Labute approximate surface area is 221 Å². The molecule has 196 valence electrons. The van der Waals surface area contributed by atoms with E-state index in [1.54, 1.807) is 12.5 Å². The number of hydrogen-bond donors (Lipinski definition) is 1. The Morgan fingerprint density at radius 2 is 1.95 bits per heavy atom. The number of aromatic amines is 1. The Morgan fingerprint density at radius 1 is 1.08 bits per heavy atom. The van der Waals surface area contributed by atoms with Crippen molar-refractivity contribution in [1.82, 2.24) is 35.1 Å². The number of nitrogens with one attached hydrogen (secondary N) is 1. The number of fused-ring (bicyclic) bond motifs is 1. The number of hydrogen-bond acceptors (Lipinski definition) is 7. The number of rotatable bonds is 10. The maximum Gasteiger partial charge on any atom is 0.253 e. The predicted molar refractivity (Wildman–Crippen MR) is 145 cm³/mol. The average Bonchev–Trinajstić information content (AvgIpc) is 3.62. The summed E-state index contributed by atoms with van der Waals surface area (Å²) in [6.07, 6.45) is 6.96. The minimum absolute atomic E-state index is 0.175. The van der Waals surface area contributed by atoms with Crippen molar-refractivity contribution in [3.8, 4) is 0 Å². The molecule has 9 heteroatoms. The molecule has 0 aliphatic heterocycles. The minimum Gasteiger partial charge on any atom is -0.468 e. The van der Waals surface area contributed by atoms with E-state index in [9.17, 15) is 4.79 Å².